The second-order valence-electron chi connectivity index (χ2n) is 8.05. The molecule has 166 valence electrons. The average molecular weight is 457 g/mol. The van der Waals surface area contributed by atoms with Crippen LogP contribution in [0.5, 0.6) is 5.75 Å². The fourth-order valence-corrected chi connectivity index (χ4v) is 5.26. The number of carbonyl (C=O) groups is 1. The lowest BCUT2D eigenvalue weighted by atomic mass is 10.0. The Bertz CT molecular complexity index is 1460. The molecule has 1 amide bonds. The zero-order valence-corrected chi connectivity index (χ0v) is 19.6. The summed E-state index contributed by atoms with van der Waals surface area (Å²) in [6.45, 7) is 5.13. The highest BCUT2D eigenvalue weighted by atomic mass is 32.1. The molecule has 0 fully saturated rings. The summed E-state index contributed by atoms with van der Waals surface area (Å²) in [7, 11) is 1.60. The van der Waals surface area contributed by atoms with Gasteiger partial charge in [-0.2, -0.15) is 5.10 Å². The topological polar surface area (TPSA) is 60.2 Å². The summed E-state index contributed by atoms with van der Waals surface area (Å²) in [5.74, 6) is 0.411. The van der Waals surface area contributed by atoms with E-state index in [1.54, 1.807) is 18.2 Å². The minimum atomic E-state index is -0.141. The lowest BCUT2D eigenvalue weighted by molar-refractivity contribution is 0.0983. The van der Waals surface area contributed by atoms with Crippen molar-refractivity contribution in [3.05, 3.63) is 83.7 Å². The highest BCUT2D eigenvalue weighted by Gasteiger charge is 2.25. The van der Waals surface area contributed by atoms with Crippen LogP contribution in [0.25, 0.3) is 21.0 Å². The Balaban J connectivity index is 1.60. The Morgan fingerprint density at radius 3 is 2.61 bits per heavy atom. The van der Waals surface area contributed by atoms with E-state index in [0.29, 0.717) is 29.5 Å². The van der Waals surface area contributed by atoms with Crippen molar-refractivity contribution in [1.82, 2.24) is 14.8 Å². The van der Waals surface area contributed by atoms with Crippen molar-refractivity contribution in [2.24, 2.45) is 0 Å². The number of ether oxygens (including phenoxy) is 1. The van der Waals surface area contributed by atoms with Gasteiger partial charge in [-0.15, -0.1) is 0 Å². The molecule has 0 radical (unpaired) electrons. The molecular weight excluding hydrogens is 432 g/mol. The maximum atomic E-state index is 13.9. The molecule has 2 aromatic heterocycles. The fourth-order valence-electron chi connectivity index (χ4n) is 4.09. The van der Waals surface area contributed by atoms with Gasteiger partial charge in [0, 0.05) is 18.9 Å². The Hall–Kier alpha value is -3.71. The van der Waals surface area contributed by atoms with Crippen LogP contribution in [0.1, 0.15) is 21.5 Å². The van der Waals surface area contributed by atoms with E-state index in [1.165, 1.54) is 16.9 Å². The van der Waals surface area contributed by atoms with Crippen LogP contribution in [-0.2, 0) is 6.54 Å². The fraction of sp³-hybridized carbons (Fsp3) is 0.192. The van der Waals surface area contributed by atoms with Crippen LogP contribution >= 0.6 is 11.3 Å². The van der Waals surface area contributed by atoms with Crippen LogP contribution in [0.15, 0.2) is 67.0 Å². The molecule has 0 saturated carbocycles. The number of carbonyl (C=O) groups excluding carboxylic acids is 1. The van der Waals surface area contributed by atoms with E-state index >= 15 is 0 Å². The van der Waals surface area contributed by atoms with Crippen LogP contribution in [0, 0.1) is 13.8 Å². The summed E-state index contributed by atoms with van der Waals surface area (Å²) in [5.41, 5.74) is 3.74. The van der Waals surface area contributed by atoms with Crippen LogP contribution in [0.4, 0.5) is 5.13 Å². The minimum Gasteiger partial charge on any atom is -0.496 e. The Morgan fingerprint density at radius 2 is 1.88 bits per heavy atom. The SMILES string of the molecule is COc1cc2ccccc2cc1C(=O)N(CCn1cccn1)c1nc2c(C)cc(C)cc2s1. The highest BCUT2D eigenvalue weighted by Crippen LogP contribution is 2.34. The second-order valence-corrected chi connectivity index (χ2v) is 9.06. The van der Waals surface area contributed by atoms with Crippen molar-refractivity contribution in [3.8, 4) is 5.75 Å². The zero-order chi connectivity index (χ0) is 22.9. The van der Waals surface area contributed by atoms with Crippen molar-refractivity contribution in [2.75, 3.05) is 18.6 Å². The number of aryl methyl sites for hydroxylation is 2. The molecule has 7 heteroatoms. The van der Waals surface area contributed by atoms with Gasteiger partial charge in [0.1, 0.15) is 5.75 Å². The molecule has 33 heavy (non-hydrogen) atoms. The predicted molar refractivity (Wildman–Crippen MR) is 133 cm³/mol. The Kier molecular flexibility index (Phi) is 5.56. The van der Waals surface area contributed by atoms with Crippen LogP contribution in [0.2, 0.25) is 0 Å². The molecule has 3 aromatic carbocycles. The molecule has 5 aromatic rings. The molecule has 0 N–H and O–H groups in total. The summed E-state index contributed by atoms with van der Waals surface area (Å²) in [4.78, 5) is 20.6. The van der Waals surface area contributed by atoms with E-state index in [2.05, 4.69) is 31.1 Å². The lowest BCUT2D eigenvalue weighted by Crippen LogP contribution is -2.34. The Labute approximate surface area is 196 Å². The third kappa shape index (κ3) is 4.07. The van der Waals surface area contributed by atoms with E-state index in [1.807, 2.05) is 53.3 Å². The predicted octanol–water partition coefficient (Wildman–Crippen LogP) is 5.62. The van der Waals surface area contributed by atoms with E-state index in [0.717, 1.165) is 26.6 Å². The molecule has 6 nitrogen and oxygen atoms in total. The molecule has 0 aliphatic rings. The van der Waals surface area contributed by atoms with Crippen molar-refractivity contribution in [2.45, 2.75) is 20.4 Å². The summed E-state index contributed by atoms with van der Waals surface area (Å²) in [6.07, 6.45) is 3.63. The van der Waals surface area contributed by atoms with Gasteiger partial charge in [0.05, 0.1) is 29.4 Å². The normalized spacial score (nSPS) is 11.2. The van der Waals surface area contributed by atoms with Gasteiger partial charge in [-0.25, -0.2) is 4.98 Å². The van der Waals surface area contributed by atoms with E-state index < -0.39 is 0 Å². The molecule has 0 spiro atoms. The zero-order valence-electron chi connectivity index (χ0n) is 18.8. The van der Waals surface area contributed by atoms with Gasteiger partial charge in [0.2, 0.25) is 0 Å². The first-order valence-electron chi connectivity index (χ1n) is 10.8. The van der Waals surface area contributed by atoms with Crippen LogP contribution < -0.4 is 9.64 Å². The number of aromatic nitrogens is 3. The summed E-state index contributed by atoms with van der Waals surface area (Å²) < 4.78 is 8.52. The van der Waals surface area contributed by atoms with Crippen molar-refractivity contribution in [1.29, 1.82) is 0 Å². The number of nitrogens with zero attached hydrogens (tertiary/aromatic N) is 4. The lowest BCUT2D eigenvalue weighted by Gasteiger charge is -2.21. The monoisotopic (exact) mass is 456 g/mol. The van der Waals surface area contributed by atoms with Gasteiger partial charge >= 0.3 is 0 Å². The highest BCUT2D eigenvalue weighted by molar-refractivity contribution is 7.22. The smallest absolute Gasteiger partial charge is 0.263 e. The number of methoxy groups -OCH3 is 1. The van der Waals surface area contributed by atoms with Crippen molar-refractivity contribution >= 4 is 43.4 Å². The van der Waals surface area contributed by atoms with Crippen LogP contribution in [0.3, 0.4) is 0 Å². The molecule has 0 aliphatic heterocycles. The number of fused-ring (bicyclic) bond motifs is 2. The Morgan fingerprint density at radius 1 is 1.09 bits per heavy atom. The van der Waals surface area contributed by atoms with Crippen molar-refractivity contribution in [3.63, 3.8) is 0 Å². The molecule has 2 heterocycles. The minimum absolute atomic E-state index is 0.141. The maximum Gasteiger partial charge on any atom is 0.263 e. The number of amides is 1. The molecule has 5 rings (SSSR count). The first-order chi connectivity index (χ1) is 16.0. The van der Waals surface area contributed by atoms with Gasteiger partial charge in [-0.05, 0) is 60.0 Å². The number of rotatable bonds is 6. The largest absolute Gasteiger partial charge is 0.496 e. The summed E-state index contributed by atoms with van der Waals surface area (Å²) in [5, 5.41) is 6.98. The number of thiazole rings is 1. The number of anilines is 1. The van der Waals surface area contributed by atoms with E-state index in [9.17, 15) is 4.79 Å². The first kappa shape index (κ1) is 21.2. The first-order valence-corrected chi connectivity index (χ1v) is 11.6. The van der Waals surface area contributed by atoms with Gasteiger partial charge in [-0.3, -0.25) is 14.4 Å². The second kappa shape index (κ2) is 8.67. The molecule has 0 atom stereocenters. The quantitative estimate of drug-likeness (QED) is 0.333. The summed E-state index contributed by atoms with van der Waals surface area (Å²) >= 11 is 1.53. The van der Waals surface area contributed by atoms with E-state index in [4.69, 9.17) is 9.72 Å². The number of hydrogen-bond acceptors (Lipinski definition) is 5. The van der Waals surface area contributed by atoms with E-state index in [-0.39, 0.29) is 5.91 Å². The molecule has 0 aliphatic carbocycles. The molecule has 0 unspecified atom stereocenters. The van der Waals surface area contributed by atoms with Gasteiger partial charge in [-0.1, -0.05) is 41.7 Å². The molecule has 0 bridgehead atoms. The third-order valence-corrected chi connectivity index (χ3v) is 6.73. The van der Waals surface area contributed by atoms with Gasteiger partial charge in [0.15, 0.2) is 5.13 Å². The molecular formula is C26H24N4O2S. The summed E-state index contributed by atoms with van der Waals surface area (Å²) in [6, 6.07) is 17.9. The van der Waals surface area contributed by atoms with Crippen molar-refractivity contribution < 1.29 is 9.53 Å². The molecule has 0 saturated heterocycles. The average Bonchev–Trinajstić information content (AvgIpc) is 3.48. The van der Waals surface area contributed by atoms with Crippen LogP contribution in [-0.4, -0.2) is 34.3 Å². The maximum absolute atomic E-state index is 13.9. The van der Waals surface area contributed by atoms with Gasteiger partial charge in [0.25, 0.3) is 5.91 Å². The number of benzene rings is 3. The third-order valence-electron chi connectivity index (χ3n) is 5.70. The standard InChI is InChI=1S/C26H24N4O2S/c1-17-13-18(2)24-23(14-17)33-26(28-24)30(12-11-29-10-6-9-27-29)25(31)21-15-19-7-4-5-8-20(19)16-22(21)32-3/h4-10,13-16H,11-12H2,1-3H3. The van der Waals surface area contributed by atoms with Gasteiger partial charge < -0.3 is 4.74 Å². The number of hydrogen-bond donors (Lipinski definition) is 0.